The lowest BCUT2D eigenvalue weighted by atomic mass is 10.0. The van der Waals surface area contributed by atoms with E-state index >= 15 is 0 Å². The molecule has 5 nitrogen and oxygen atoms in total. The van der Waals surface area contributed by atoms with Crippen molar-refractivity contribution in [3.8, 4) is 0 Å². The highest BCUT2D eigenvalue weighted by Crippen LogP contribution is 2.31. The van der Waals surface area contributed by atoms with E-state index in [9.17, 15) is 13.6 Å². The molecule has 0 unspecified atom stereocenters. The number of nitrogens with zero attached hydrogens (tertiary/aromatic N) is 3. The Hall–Kier alpha value is -2.02. The van der Waals surface area contributed by atoms with Gasteiger partial charge in [0.2, 0.25) is 0 Å². The lowest BCUT2D eigenvalue weighted by Crippen LogP contribution is -2.32. The lowest BCUT2D eigenvalue weighted by molar-refractivity contribution is 0.0765. The maximum absolute atomic E-state index is 13.7. The average molecular weight is 306 g/mol. The number of H-pyrrole nitrogens is 1. The normalized spacial score (nSPS) is 25.1. The van der Waals surface area contributed by atoms with Gasteiger partial charge in [-0.1, -0.05) is 0 Å². The lowest BCUT2D eigenvalue weighted by Gasteiger charge is -2.18. The van der Waals surface area contributed by atoms with Gasteiger partial charge in [-0.05, 0) is 31.0 Å². The quantitative estimate of drug-likeness (QED) is 0.868. The van der Waals surface area contributed by atoms with Crippen LogP contribution in [0, 0.1) is 23.5 Å². The molecule has 1 aromatic heterocycles. The molecule has 2 aromatic rings. The third-order valence-electron chi connectivity index (χ3n) is 4.71. The van der Waals surface area contributed by atoms with E-state index in [0.717, 1.165) is 19.2 Å². The highest BCUT2D eigenvalue weighted by molar-refractivity contribution is 5.94. The van der Waals surface area contributed by atoms with Crippen molar-refractivity contribution >= 4 is 16.9 Å². The molecule has 2 aliphatic heterocycles. The number of carbonyl (C=O) groups excluding carboxylic acids is 1. The van der Waals surface area contributed by atoms with Crippen molar-refractivity contribution in [1.82, 2.24) is 19.8 Å². The van der Waals surface area contributed by atoms with Crippen LogP contribution >= 0.6 is 0 Å². The number of carbonyl (C=O) groups is 1. The molecular formula is C15H16F2N4O. The summed E-state index contributed by atoms with van der Waals surface area (Å²) in [4.78, 5) is 23.3. The largest absolute Gasteiger partial charge is 0.335 e. The van der Waals surface area contributed by atoms with Crippen molar-refractivity contribution in [3.05, 3.63) is 29.6 Å². The van der Waals surface area contributed by atoms with Crippen LogP contribution in [0.1, 0.15) is 10.6 Å². The third-order valence-corrected chi connectivity index (χ3v) is 4.71. The zero-order chi connectivity index (χ0) is 15.4. The maximum Gasteiger partial charge on any atom is 0.289 e. The number of aromatic amines is 1. The van der Waals surface area contributed by atoms with Gasteiger partial charge in [0.1, 0.15) is 5.52 Å². The number of aromatic nitrogens is 2. The Kier molecular flexibility index (Phi) is 2.94. The van der Waals surface area contributed by atoms with Gasteiger partial charge in [0, 0.05) is 26.2 Å². The molecule has 0 saturated carbocycles. The summed E-state index contributed by atoms with van der Waals surface area (Å²) in [6, 6.07) is 2.39. The Morgan fingerprint density at radius 2 is 1.91 bits per heavy atom. The Bertz CT molecular complexity index is 745. The average Bonchev–Trinajstić information content (AvgIpc) is 3.14. The molecule has 0 spiro atoms. The predicted molar refractivity (Wildman–Crippen MR) is 76.4 cm³/mol. The summed E-state index contributed by atoms with van der Waals surface area (Å²) in [6.45, 7) is 3.38. The fourth-order valence-electron chi connectivity index (χ4n) is 3.66. The monoisotopic (exact) mass is 306 g/mol. The molecule has 2 fully saturated rings. The Morgan fingerprint density at radius 3 is 2.59 bits per heavy atom. The smallest absolute Gasteiger partial charge is 0.289 e. The van der Waals surface area contributed by atoms with Gasteiger partial charge in [0.25, 0.3) is 5.91 Å². The standard InChI is InChI=1S/C15H16F2N4O/c1-20-4-8-6-21(7-9(8)5-20)15(22)14-18-11-3-2-10(16)12(17)13(11)19-14/h2-3,8-9H,4-7H2,1H3,(H,18,19)/t8-,9+. The molecule has 3 heterocycles. The van der Waals surface area contributed by atoms with Gasteiger partial charge < -0.3 is 14.8 Å². The summed E-state index contributed by atoms with van der Waals surface area (Å²) in [6.07, 6.45) is 0. The van der Waals surface area contributed by atoms with Crippen LogP contribution in [0.3, 0.4) is 0 Å². The van der Waals surface area contributed by atoms with Crippen molar-refractivity contribution in [3.63, 3.8) is 0 Å². The number of amides is 1. The Labute approximate surface area is 125 Å². The molecule has 1 amide bonds. The number of imidazole rings is 1. The van der Waals surface area contributed by atoms with Crippen LogP contribution in [0.5, 0.6) is 0 Å². The van der Waals surface area contributed by atoms with E-state index in [-0.39, 0.29) is 22.8 Å². The minimum atomic E-state index is -0.996. The predicted octanol–water partition coefficient (Wildman–Crippen LogP) is 1.47. The number of hydrogen-bond acceptors (Lipinski definition) is 3. The van der Waals surface area contributed by atoms with Gasteiger partial charge in [-0.25, -0.2) is 13.8 Å². The first-order chi connectivity index (χ1) is 10.5. The maximum atomic E-state index is 13.7. The summed E-state index contributed by atoms with van der Waals surface area (Å²) in [7, 11) is 2.08. The minimum Gasteiger partial charge on any atom is -0.335 e. The number of halogens is 2. The first kappa shape index (κ1) is 13.6. The molecule has 2 saturated heterocycles. The highest BCUT2D eigenvalue weighted by atomic mass is 19.2. The topological polar surface area (TPSA) is 52.2 Å². The number of fused-ring (bicyclic) bond motifs is 2. The zero-order valence-corrected chi connectivity index (χ0v) is 12.1. The van der Waals surface area contributed by atoms with E-state index < -0.39 is 11.6 Å². The second-order valence-corrected chi connectivity index (χ2v) is 6.29. The van der Waals surface area contributed by atoms with Crippen molar-refractivity contribution in [2.75, 3.05) is 33.2 Å². The van der Waals surface area contributed by atoms with Crippen LogP contribution in [-0.4, -0.2) is 58.9 Å². The molecule has 0 radical (unpaired) electrons. The summed E-state index contributed by atoms with van der Waals surface area (Å²) in [5.41, 5.74) is 0.212. The number of benzene rings is 1. The van der Waals surface area contributed by atoms with Crippen molar-refractivity contribution in [2.24, 2.45) is 11.8 Å². The number of nitrogens with one attached hydrogen (secondary N) is 1. The number of rotatable bonds is 1. The molecular weight excluding hydrogens is 290 g/mol. The van der Waals surface area contributed by atoms with Gasteiger partial charge in [-0.15, -0.1) is 0 Å². The highest BCUT2D eigenvalue weighted by Gasteiger charge is 2.41. The van der Waals surface area contributed by atoms with Gasteiger partial charge in [-0.3, -0.25) is 4.79 Å². The van der Waals surface area contributed by atoms with Gasteiger partial charge in [-0.2, -0.15) is 0 Å². The molecule has 2 atom stereocenters. The summed E-state index contributed by atoms with van der Waals surface area (Å²) >= 11 is 0. The minimum absolute atomic E-state index is 0.0533. The van der Waals surface area contributed by atoms with Crippen LogP contribution < -0.4 is 0 Å². The van der Waals surface area contributed by atoms with Crippen LogP contribution in [0.4, 0.5) is 8.78 Å². The van der Waals surface area contributed by atoms with Crippen molar-refractivity contribution < 1.29 is 13.6 Å². The molecule has 0 aliphatic carbocycles. The van der Waals surface area contributed by atoms with E-state index in [4.69, 9.17) is 0 Å². The molecule has 116 valence electrons. The zero-order valence-electron chi connectivity index (χ0n) is 12.1. The van der Waals surface area contributed by atoms with Crippen LogP contribution in [-0.2, 0) is 0 Å². The van der Waals surface area contributed by atoms with Crippen LogP contribution in [0.2, 0.25) is 0 Å². The number of hydrogen-bond donors (Lipinski definition) is 1. The summed E-state index contributed by atoms with van der Waals surface area (Å²) in [5, 5.41) is 0. The number of likely N-dealkylation sites (tertiary alicyclic amines) is 2. The van der Waals surface area contributed by atoms with Crippen molar-refractivity contribution in [2.45, 2.75) is 0 Å². The molecule has 1 N–H and O–H groups in total. The van der Waals surface area contributed by atoms with Gasteiger partial charge in [0.05, 0.1) is 5.52 Å². The van der Waals surface area contributed by atoms with E-state index in [0.29, 0.717) is 24.9 Å². The second-order valence-electron chi connectivity index (χ2n) is 6.29. The van der Waals surface area contributed by atoms with Crippen LogP contribution in [0.25, 0.3) is 11.0 Å². The first-order valence-electron chi connectivity index (χ1n) is 7.34. The SMILES string of the molecule is CN1C[C@@H]2CN(C(=O)c3nc4ccc(F)c(F)c4[nH]3)C[C@@H]2C1. The molecule has 2 aliphatic rings. The van der Waals surface area contributed by atoms with E-state index in [1.165, 1.54) is 6.07 Å². The van der Waals surface area contributed by atoms with E-state index in [1.807, 2.05) is 0 Å². The fourth-order valence-corrected chi connectivity index (χ4v) is 3.66. The molecule has 4 rings (SSSR count). The molecule has 22 heavy (non-hydrogen) atoms. The summed E-state index contributed by atoms with van der Waals surface area (Å²) in [5.74, 6) is -1.13. The first-order valence-corrected chi connectivity index (χ1v) is 7.34. The van der Waals surface area contributed by atoms with Gasteiger partial charge >= 0.3 is 0 Å². The second kappa shape index (κ2) is 4.74. The summed E-state index contributed by atoms with van der Waals surface area (Å²) < 4.78 is 26.9. The van der Waals surface area contributed by atoms with E-state index in [1.54, 1.807) is 4.90 Å². The van der Waals surface area contributed by atoms with E-state index in [2.05, 4.69) is 21.9 Å². The van der Waals surface area contributed by atoms with Gasteiger partial charge in [0.15, 0.2) is 17.5 Å². The van der Waals surface area contributed by atoms with Crippen molar-refractivity contribution in [1.29, 1.82) is 0 Å². The molecule has 7 heteroatoms. The molecule has 1 aromatic carbocycles. The Balaban J connectivity index is 1.60. The molecule has 0 bridgehead atoms. The fraction of sp³-hybridized carbons (Fsp3) is 0.467. The van der Waals surface area contributed by atoms with Crippen LogP contribution in [0.15, 0.2) is 12.1 Å². The third kappa shape index (κ3) is 1.99. The Morgan fingerprint density at radius 1 is 1.23 bits per heavy atom.